The molecule has 2 amide bonds. The number of hydrogen-bond donors (Lipinski definition) is 0. The largest absolute Gasteiger partial charge is 0.493 e. The van der Waals surface area contributed by atoms with E-state index < -0.39 is 0 Å². The number of unbranched alkanes of at least 4 members (excludes halogenated alkanes) is 1. The van der Waals surface area contributed by atoms with Crippen molar-refractivity contribution in [1.82, 2.24) is 9.80 Å². The van der Waals surface area contributed by atoms with Crippen molar-refractivity contribution < 1.29 is 19.1 Å². The Hall–Kier alpha value is -3.32. The summed E-state index contributed by atoms with van der Waals surface area (Å²) in [5, 5.41) is 0. The summed E-state index contributed by atoms with van der Waals surface area (Å²) in [6, 6.07) is 18.1. The zero-order valence-corrected chi connectivity index (χ0v) is 24.4. The van der Waals surface area contributed by atoms with Crippen LogP contribution in [0.1, 0.15) is 63.8 Å². The van der Waals surface area contributed by atoms with Crippen molar-refractivity contribution in [2.75, 3.05) is 27.3 Å². The third-order valence-electron chi connectivity index (χ3n) is 7.19. The van der Waals surface area contributed by atoms with E-state index in [1.54, 1.807) is 30.5 Å². The Labute approximate surface area is 236 Å². The summed E-state index contributed by atoms with van der Waals surface area (Å²) < 4.78 is 10.8. The highest BCUT2D eigenvalue weighted by Crippen LogP contribution is 2.30. The van der Waals surface area contributed by atoms with Gasteiger partial charge in [-0.25, -0.2) is 0 Å². The molecule has 1 aliphatic rings. The van der Waals surface area contributed by atoms with E-state index in [1.165, 1.54) is 10.4 Å². The smallest absolute Gasteiger partial charge is 0.254 e. The van der Waals surface area contributed by atoms with Gasteiger partial charge in [0.25, 0.3) is 5.91 Å². The SMILES string of the molecule is CCCCc1ccc(C(=O)N(CC(=O)N(CCc2ccc(OC)c(OC)c2)Cc2ccc(C)s2)C2CC2)cc1. The molecule has 0 N–H and O–H groups in total. The molecule has 4 rings (SSSR count). The fourth-order valence-electron chi connectivity index (χ4n) is 4.71. The van der Waals surface area contributed by atoms with Gasteiger partial charge in [-0.1, -0.05) is 31.5 Å². The van der Waals surface area contributed by atoms with Gasteiger partial charge >= 0.3 is 0 Å². The minimum atomic E-state index is -0.0558. The minimum absolute atomic E-state index is 0.0265. The molecule has 0 unspecified atom stereocenters. The molecular formula is C32H40N2O4S. The molecule has 1 aliphatic carbocycles. The molecule has 0 atom stereocenters. The Kier molecular flexibility index (Phi) is 10.0. The Bertz CT molecular complexity index is 1250. The molecule has 0 saturated heterocycles. The molecule has 1 saturated carbocycles. The molecular weight excluding hydrogens is 508 g/mol. The zero-order valence-electron chi connectivity index (χ0n) is 23.6. The number of rotatable bonds is 14. The van der Waals surface area contributed by atoms with Crippen LogP contribution < -0.4 is 9.47 Å². The van der Waals surface area contributed by atoms with Crippen LogP contribution >= 0.6 is 11.3 Å². The van der Waals surface area contributed by atoms with E-state index in [2.05, 4.69) is 26.0 Å². The van der Waals surface area contributed by atoms with Crippen LogP contribution in [-0.4, -0.2) is 55.0 Å². The third kappa shape index (κ3) is 7.85. The number of methoxy groups -OCH3 is 2. The number of nitrogens with zero attached hydrogens (tertiary/aromatic N) is 2. The van der Waals surface area contributed by atoms with Gasteiger partial charge < -0.3 is 19.3 Å². The van der Waals surface area contributed by atoms with Gasteiger partial charge in [0.2, 0.25) is 5.91 Å². The molecule has 208 valence electrons. The highest BCUT2D eigenvalue weighted by Gasteiger charge is 2.35. The summed E-state index contributed by atoms with van der Waals surface area (Å²) in [4.78, 5) is 33.3. The maximum atomic E-state index is 13.7. The first-order valence-electron chi connectivity index (χ1n) is 13.9. The van der Waals surface area contributed by atoms with Gasteiger partial charge in [-0.15, -0.1) is 11.3 Å². The summed E-state index contributed by atoms with van der Waals surface area (Å²) >= 11 is 1.70. The summed E-state index contributed by atoms with van der Waals surface area (Å²) in [6.07, 6.45) is 5.87. The van der Waals surface area contributed by atoms with Crippen LogP contribution in [0.3, 0.4) is 0 Å². The predicted octanol–water partition coefficient (Wildman–Crippen LogP) is 6.29. The van der Waals surface area contributed by atoms with E-state index in [0.717, 1.165) is 42.5 Å². The van der Waals surface area contributed by atoms with Crippen molar-refractivity contribution in [3.05, 3.63) is 81.0 Å². The van der Waals surface area contributed by atoms with Crippen molar-refractivity contribution in [2.45, 2.75) is 65.0 Å². The van der Waals surface area contributed by atoms with Gasteiger partial charge in [-0.05, 0) is 86.6 Å². The lowest BCUT2D eigenvalue weighted by molar-refractivity contribution is -0.132. The lowest BCUT2D eigenvalue weighted by atomic mass is 10.1. The van der Waals surface area contributed by atoms with Gasteiger partial charge in [-0.3, -0.25) is 9.59 Å². The Morgan fingerprint density at radius 3 is 2.26 bits per heavy atom. The summed E-state index contributed by atoms with van der Waals surface area (Å²) in [5.74, 6) is 1.27. The Morgan fingerprint density at radius 2 is 1.64 bits per heavy atom. The van der Waals surface area contributed by atoms with Crippen molar-refractivity contribution in [3.8, 4) is 11.5 Å². The van der Waals surface area contributed by atoms with E-state index in [1.807, 2.05) is 47.4 Å². The quantitative estimate of drug-likeness (QED) is 0.238. The molecule has 0 bridgehead atoms. The van der Waals surface area contributed by atoms with Crippen LogP contribution in [0.5, 0.6) is 11.5 Å². The fraction of sp³-hybridized carbons (Fsp3) is 0.438. The Morgan fingerprint density at radius 1 is 0.923 bits per heavy atom. The summed E-state index contributed by atoms with van der Waals surface area (Å²) in [6.45, 7) is 5.43. The van der Waals surface area contributed by atoms with E-state index in [-0.39, 0.29) is 24.4 Å². The molecule has 39 heavy (non-hydrogen) atoms. The number of benzene rings is 2. The van der Waals surface area contributed by atoms with Crippen molar-refractivity contribution >= 4 is 23.2 Å². The highest BCUT2D eigenvalue weighted by atomic mass is 32.1. The van der Waals surface area contributed by atoms with Crippen molar-refractivity contribution in [3.63, 3.8) is 0 Å². The number of hydrogen-bond acceptors (Lipinski definition) is 5. The van der Waals surface area contributed by atoms with E-state index >= 15 is 0 Å². The average Bonchev–Trinajstić information content (AvgIpc) is 3.72. The summed E-state index contributed by atoms with van der Waals surface area (Å²) in [5.41, 5.74) is 2.96. The van der Waals surface area contributed by atoms with E-state index in [0.29, 0.717) is 36.6 Å². The second-order valence-corrected chi connectivity index (χ2v) is 11.6. The highest BCUT2D eigenvalue weighted by molar-refractivity contribution is 7.11. The van der Waals surface area contributed by atoms with Crippen LogP contribution in [-0.2, 0) is 24.2 Å². The average molecular weight is 549 g/mol. The molecule has 1 fully saturated rings. The third-order valence-corrected chi connectivity index (χ3v) is 8.17. The van der Waals surface area contributed by atoms with Gasteiger partial charge in [0.1, 0.15) is 6.54 Å². The number of carbonyl (C=O) groups excluding carboxylic acids is 2. The van der Waals surface area contributed by atoms with Gasteiger partial charge in [0.15, 0.2) is 11.5 Å². The maximum absolute atomic E-state index is 13.7. The normalized spacial score (nSPS) is 12.7. The first kappa shape index (κ1) is 28.7. The van der Waals surface area contributed by atoms with E-state index in [4.69, 9.17) is 9.47 Å². The second-order valence-electron chi connectivity index (χ2n) is 10.2. The molecule has 1 heterocycles. The minimum Gasteiger partial charge on any atom is -0.493 e. The summed E-state index contributed by atoms with van der Waals surface area (Å²) in [7, 11) is 3.24. The van der Waals surface area contributed by atoms with Crippen LogP contribution in [0.2, 0.25) is 0 Å². The molecule has 7 heteroatoms. The first-order chi connectivity index (χ1) is 18.9. The Balaban J connectivity index is 1.48. The molecule has 3 aromatic rings. The van der Waals surface area contributed by atoms with Crippen LogP contribution in [0, 0.1) is 6.92 Å². The zero-order chi connectivity index (χ0) is 27.8. The van der Waals surface area contributed by atoms with Crippen LogP contribution in [0.25, 0.3) is 0 Å². The first-order valence-corrected chi connectivity index (χ1v) is 14.7. The number of aryl methyl sites for hydroxylation is 2. The molecule has 2 aromatic carbocycles. The molecule has 0 spiro atoms. The molecule has 6 nitrogen and oxygen atoms in total. The molecule has 0 aliphatic heterocycles. The topological polar surface area (TPSA) is 59.1 Å². The number of carbonyl (C=O) groups is 2. The van der Waals surface area contributed by atoms with Gasteiger partial charge in [-0.2, -0.15) is 0 Å². The maximum Gasteiger partial charge on any atom is 0.254 e. The monoisotopic (exact) mass is 548 g/mol. The van der Waals surface area contributed by atoms with Crippen LogP contribution in [0.4, 0.5) is 0 Å². The lowest BCUT2D eigenvalue weighted by Gasteiger charge is -2.28. The van der Waals surface area contributed by atoms with Crippen LogP contribution in [0.15, 0.2) is 54.6 Å². The van der Waals surface area contributed by atoms with Crippen molar-refractivity contribution in [1.29, 1.82) is 0 Å². The van der Waals surface area contributed by atoms with E-state index in [9.17, 15) is 9.59 Å². The van der Waals surface area contributed by atoms with Gasteiger partial charge in [0.05, 0.1) is 20.8 Å². The predicted molar refractivity (Wildman–Crippen MR) is 157 cm³/mol. The number of thiophene rings is 1. The standard InChI is InChI=1S/C32H40N2O4S/c1-5-6-7-24-9-12-26(13-10-24)32(36)34(27-14-15-27)22-31(35)33(21-28-16-8-23(2)39-28)19-18-25-11-17-29(37-3)30(20-25)38-4/h8-13,16-17,20,27H,5-7,14-15,18-19,21-22H2,1-4H3. The molecule has 1 aromatic heterocycles. The number of amides is 2. The number of ether oxygens (including phenoxy) is 2. The molecule has 0 radical (unpaired) electrons. The second kappa shape index (κ2) is 13.7. The lowest BCUT2D eigenvalue weighted by Crippen LogP contribution is -2.44. The van der Waals surface area contributed by atoms with Gasteiger partial charge in [0, 0.05) is 27.9 Å². The van der Waals surface area contributed by atoms with Crippen molar-refractivity contribution in [2.24, 2.45) is 0 Å². The fourth-order valence-corrected chi connectivity index (χ4v) is 5.62.